The minimum absolute atomic E-state index is 0.141. The molecule has 0 bridgehead atoms. The number of aliphatic carboxylic acids is 1. The van der Waals surface area contributed by atoms with E-state index in [9.17, 15) is 4.79 Å². The lowest BCUT2D eigenvalue weighted by atomic mass is 10.0. The first-order chi connectivity index (χ1) is 13.9. The summed E-state index contributed by atoms with van der Waals surface area (Å²) in [5.41, 5.74) is 6.93. The Kier molecular flexibility index (Phi) is 6.55. The molecule has 3 rings (SSSR count). The zero-order valence-corrected chi connectivity index (χ0v) is 17.2. The van der Waals surface area contributed by atoms with Crippen molar-refractivity contribution in [2.45, 2.75) is 26.4 Å². The van der Waals surface area contributed by atoms with Crippen molar-refractivity contribution in [1.82, 2.24) is 0 Å². The first-order valence-corrected chi connectivity index (χ1v) is 9.73. The van der Waals surface area contributed by atoms with Gasteiger partial charge < -0.3 is 14.7 Å². The summed E-state index contributed by atoms with van der Waals surface area (Å²) in [5.74, 6) is -0.00239. The van der Waals surface area contributed by atoms with Gasteiger partial charge >= 0.3 is 5.97 Å². The van der Waals surface area contributed by atoms with E-state index in [1.165, 1.54) is 22.4 Å². The molecule has 1 N–H and O–H groups in total. The fourth-order valence-electron chi connectivity index (χ4n) is 3.35. The number of carboxylic acid groups (broad SMARTS) is 1. The van der Waals surface area contributed by atoms with Crippen molar-refractivity contribution in [1.29, 1.82) is 0 Å². The summed E-state index contributed by atoms with van der Waals surface area (Å²) >= 11 is 0. The van der Waals surface area contributed by atoms with E-state index in [0.717, 1.165) is 16.9 Å². The summed E-state index contributed by atoms with van der Waals surface area (Å²) in [6.07, 6.45) is 0.672. The van der Waals surface area contributed by atoms with E-state index in [4.69, 9.17) is 9.84 Å². The van der Waals surface area contributed by atoms with Crippen LogP contribution in [0.4, 0.5) is 5.69 Å². The molecule has 0 unspecified atom stereocenters. The van der Waals surface area contributed by atoms with Gasteiger partial charge in [-0.05, 0) is 71.5 Å². The minimum Gasteiger partial charge on any atom is -0.489 e. The summed E-state index contributed by atoms with van der Waals surface area (Å²) < 4.78 is 5.91. The second kappa shape index (κ2) is 9.28. The average Bonchev–Trinajstić information content (AvgIpc) is 2.71. The number of rotatable bonds is 8. The topological polar surface area (TPSA) is 49.8 Å². The third-order valence-electron chi connectivity index (χ3n) is 4.90. The molecule has 0 saturated carbocycles. The van der Waals surface area contributed by atoms with Gasteiger partial charge in [0.05, 0.1) is 0 Å². The zero-order valence-electron chi connectivity index (χ0n) is 17.2. The molecular formula is C25H27NO3. The second-order valence-corrected chi connectivity index (χ2v) is 7.42. The van der Waals surface area contributed by atoms with Crippen molar-refractivity contribution in [2.24, 2.45) is 0 Å². The molecule has 29 heavy (non-hydrogen) atoms. The van der Waals surface area contributed by atoms with Crippen molar-refractivity contribution in [2.75, 3.05) is 19.0 Å². The second-order valence-electron chi connectivity index (χ2n) is 7.42. The number of ether oxygens (including phenoxy) is 1. The predicted octanol–water partition coefficient (Wildman–Crippen LogP) is 5.32. The number of nitrogens with zero attached hydrogens (tertiary/aromatic N) is 1. The minimum atomic E-state index is -0.781. The average molecular weight is 389 g/mol. The molecule has 0 saturated heterocycles. The molecule has 0 aliphatic heterocycles. The maximum Gasteiger partial charge on any atom is 0.303 e. The third-order valence-corrected chi connectivity index (χ3v) is 4.90. The lowest BCUT2D eigenvalue weighted by Gasteiger charge is -2.16. The van der Waals surface area contributed by atoms with Gasteiger partial charge in [0.1, 0.15) is 12.4 Å². The Morgan fingerprint density at radius 2 is 1.66 bits per heavy atom. The summed E-state index contributed by atoms with van der Waals surface area (Å²) in [7, 11) is 4.11. The summed E-state index contributed by atoms with van der Waals surface area (Å²) in [6, 6.07) is 22.5. The number of hydrogen-bond donors (Lipinski definition) is 1. The molecular weight excluding hydrogens is 362 g/mol. The molecule has 150 valence electrons. The van der Waals surface area contributed by atoms with Gasteiger partial charge in [-0.15, -0.1) is 0 Å². The Morgan fingerprint density at radius 1 is 0.931 bits per heavy atom. The molecule has 0 atom stereocenters. The van der Waals surface area contributed by atoms with E-state index < -0.39 is 5.97 Å². The SMILES string of the molecule is Cc1cc(-c2cccc(COc3ccc(CCC(=O)O)cc3)c2)ccc1N(C)C. The van der Waals surface area contributed by atoms with Crippen LogP contribution in [0.2, 0.25) is 0 Å². The molecule has 0 amide bonds. The molecule has 0 spiro atoms. The number of anilines is 1. The van der Waals surface area contributed by atoms with E-state index >= 15 is 0 Å². The van der Waals surface area contributed by atoms with E-state index in [1.807, 2.05) is 24.3 Å². The van der Waals surface area contributed by atoms with Gasteiger partial charge in [-0.3, -0.25) is 4.79 Å². The zero-order chi connectivity index (χ0) is 20.8. The quantitative estimate of drug-likeness (QED) is 0.566. The normalized spacial score (nSPS) is 10.6. The van der Waals surface area contributed by atoms with Gasteiger partial charge in [-0.1, -0.05) is 36.4 Å². The van der Waals surface area contributed by atoms with E-state index in [1.54, 1.807) is 0 Å². The third kappa shape index (κ3) is 5.61. The van der Waals surface area contributed by atoms with Crippen molar-refractivity contribution >= 4 is 11.7 Å². The van der Waals surface area contributed by atoms with Crippen LogP contribution < -0.4 is 9.64 Å². The maximum absolute atomic E-state index is 10.7. The van der Waals surface area contributed by atoms with Crippen LogP contribution in [0.1, 0.15) is 23.1 Å². The van der Waals surface area contributed by atoms with E-state index in [2.05, 4.69) is 68.4 Å². The van der Waals surface area contributed by atoms with Crippen LogP contribution in [0.25, 0.3) is 11.1 Å². The highest BCUT2D eigenvalue weighted by Gasteiger charge is 2.05. The molecule has 0 radical (unpaired) electrons. The molecule has 0 aliphatic carbocycles. The Bertz CT molecular complexity index is 978. The number of carbonyl (C=O) groups is 1. The van der Waals surface area contributed by atoms with E-state index in [-0.39, 0.29) is 6.42 Å². The van der Waals surface area contributed by atoms with Crippen molar-refractivity contribution in [3.63, 3.8) is 0 Å². The smallest absolute Gasteiger partial charge is 0.303 e. The Hall–Kier alpha value is -3.27. The Morgan fingerprint density at radius 3 is 2.31 bits per heavy atom. The molecule has 3 aromatic rings. The Labute approximate surface area is 172 Å². The Balaban J connectivity index is 1.66. The van der Waals surface area contributed by atoms with Gasteiger partial charge in [0.2, 0.25) is 0 Å². The van der Waals surface area contributed by atoms with Crippen molar-refractivity contribution in [3.8, 4) is 16.9 Å². The first kappa shape index (κ1) is 20.5. The van der Waals surface area contributed by atoms with Gasteiger partial charge in [-0.2, -0.15) is 0 Å². The van der Waals surface area contributed by atoms with Crippen molar-refractivity contribution < 1.29 is 14.6 Å². The monoisotopic (exact) mass is 389 g/mol. The molecule has 4 heteroatoms. The number of aryl methyl sites for hydroxylation is 2. The molecule has 0 heterocycles. The molecule has 0 aliphatic rings. The maximum atomic E-state index is 10.7. The number of carboxylic acids is 1. The van der Waals surface area contributed by atoms with E-state index in [0.29, 0.717) is 13.0 Å². The molecule has 0 fully saturated rings. The van der Waals surface area contributed by atoms with Crippen LogP contribution in [0, 0.1) is 6.92 Å². The lowest BCUT2D eigenvalue weighted by molar-refractivity contribution is -0.136. The standard InChI is InChI=1S/C25H27NO3/c1-18-15-22(10-13-24(18)26(2)3)21-6-4-5-20(16-21)17-29-23-11-7-19(8-12-23)9-14-25(27)28/h4-8,10-13,15-16H,9,14,17H2,1-3H3,(H,27,28). The van der Waals surface area contributed by atoms with Crippen LogP contribution in [-0.2, 0) is 17.8 Å². The highest BCUT2D eigenvalue weighted by Crippen LogP contribution is 2.27. The summed E-state index contributed by atoms with van der Waals surface area (Å²) in [5, 5.41) is 8.77. The van der Waals surface area contributed by atoms with Crippen LogP contribution in [0.15, 0.2) is 66.7 Å². The fraction of sp³-hybridized carbons (Fsp3) is 0.240. The predicted molar refractivity (Wildman–Crippen MR) is 118 cm³/mol. The van der Waals surface area contributed by atoms with Crippen molar-refractivity contribution in [3.05, 3.63) is 83.4 Å². The first-order valence-electron chi connectivity index (χ1n) is 9.73. The van der Waals surface area contributed by atoms with Crippen LogP contribution >= 0.6 is 0 Å². The number of benzene rings is 3. The molecule has 3 aromatic carbocycles. The highest BCUT2D eigenvalue weighted by molar-refractivity contribution is 5.69. The van der Waals surface area contributed by atoms with Gasteiger partial charge in [0.15, 0.2) is 0 Å². The number of hydrogen-bond acceptors (Lipinski definition) is 3. The van der Waals surface area contributed by atoms with Gasteiger partial charge in [0.25, 0.3) is 0 Å². The molecule has 4 nitrogen and oxygen atoms in total. The molecule has 0 aromatic heterocycles. The lowest BCUT2D eigenvalue weighted by Crippen LogP contribution is -2.09. The van der Waals surface area contributed by atoms with Crippen LogP contribution in [-0.4, -0.2) is 25.2 Å². The summed E-state index contributed by atoms with van der Waals surface area (Å²) in [6.45, 7) is 2.61. The largest absolute Gasteiger partial charge is 0.489 e. The summed E-state index contributed by atoms with van der Waals surface area (Å²) in [4.78, 5) is 12.8. The van der Waals surface area contributed by atoms with Crippen LogP contribution in [0.3, 0.4) is 0 Å². The van der Waals surface area contributed by atoms with Gasteiger partial charge in [-0.25, -0.2) is 0 Å². The highest BCUT2D eigenvalue weighted by atomic mass is 16.5. The van der Waals surface area contributed by atoms with Crippen LogP contribution in [0.5, 0.6) is 5.75 Å². The fourth-order valence-corrected chi connectivity index (χ4v) is 3.35. The van der Waals surface area contributed by atoms with Gasteiger partial charge in [0, 0.05) is 26.2 Å².